The third kappa shape index (κ3) is 1.74. The molecule has 0 aromatic heterocycles. The quantitative estimate of drug-likeness (QED) is 0.742. The molecule has 0 aliphatic carbocycles. The van der Waals surface area contributed by atoms with E-state index in [1.165, 1.54) is 34.6 Å². The third-order valence-corrected chi connectivity index (χ3v) is 3.73. The number of aryl methyl sites for hydroxylation is 1. The van der Waals surface area contributed by atoms with Crippen molar-refractivity contribution in [3.05, 3.63) is 29.3 Å². The van der Waals surface area contributed by atoms with Crippen molar-refractivity contribution in [2.75, 3.05) is 5.75 Å². The van der Waals surface area contributed by atoms with E-state index in [-0.39, 0.29) is 6.04 Å². The molecule has 0 bridgehead atoms. The molecule has 1 aromatic rings. The normalized spacial score (nSPS) is 18.0. The summed E-state index contributed by atoms with van der Waals surface area (Å²) in [7, 11) is 0. The molecule has 0 fully saturated rings. The number of thioether (sulfide) groups is 1. The number of nitrogens with two attached hydrogens (primary N) is 1. The van der Waals surface area contributed by atoms with Crippen LogP contribution in [-0.4, -0.2) is 5.75 Å². The van der Waals surface area contributed by atoms with Crippen molar-refractivity contribution in [2.24, 2.45) is 5.73 Å². The maximum absolute atomic E-state index is 5.92. The van der Waals surface area contributed by atoms with Crippen LogP contribution in [0.5, 0.6) is 0 Å². The van der Waals surface area contributed by atoms with Gasteiger partial charge in [-0.05, 0) is 36.6 Å². The number of hydrogen-bond donors (Lipinski definition) is 1. The smallest absolute Gasteiger partial charge is 0.0277 e. The minimum Gasteiger partial charge on any atom is -0.324 e. The van der Waals surface area contributed by atoms with E-state index < -0.39 is 0 Å². The van der Waals surface area contributed by atoms with Gasteiger partial charge in [0.25, 0.3) is 0 Å². The zero-order valence-electron chi connectivity index (χ0n) is 7.92. The molecule has 2 N–H and O–H groups in total. The number of fused-ring (bicyclic) bond motifs is 1. The zero-order chi connectivity index (χ0) is 9.26. The Hall–Kier alpha value is -0.470. The first-order chi connectivity index (χ1) is 6.29. The molecule has 1 aliphatic rings. The molecule has 1 aliphatic heterocycles. The first-order valence-corrected chi connectivity index (χ1v) is 5.78. The van der Waals surface area contributed by atoms with Gasteiger partial charge in [-0.25, -0.2) is 0 Å². The lowest BCUT2D eigenvalue weighted by Gasteiger charge is -2.20. The molecular formula is C11H15NS. The van der Waals surface area contributed by atoms with E-state index in [2.05, 4.69) is 25.1 Å². The van der Waals surface area contributed by atoms with Crippen LogP contribution in [0.1, 0.15) is 30.5 Å². The second-order valence-electron chi connectivity index (χ2n) is 3.58. The number of rotatable bonds is 1. The van der Waals surface area contributed by atoms with E-state index in [0.29, 0.717) is 0 Å². The average Bonchev–Trinajstić information content (AvgIpc) is 2.17. The van der Waals surface area contributed by atoms with Crippen molar-refractivity contribution in [1.82, 2.24) is 0 Å². The lowest BCUT2D eigenvalue weighted by Crippen LogP contribution is -2.10. The van der Waals surface area contributed by atoms with Gasteiger partial charge in [-0.1, -0.05) is 18.2 Å². The summed E-state index contributed by atoms with van der Waals surface area (Å²) in [6.45, 7) is 2.06. The minimum absolute atomic E-state index is 0.167. The Morgan fingerprint density at radius 3 is 3.08 bits per heavy atom. The molecule has 1 unspecified atom stereocenters. The van der Waals surface area contributed by atoms with Crippen LogP contribution >= 0.6 is 11.8 Å². The molecule has 2 rings (SSSR count). The molecule has 70 valence electrons. The van der Waals surface area contributed by atoms with Crippen molar-refractivity contribution in [2.45, 2.75) is 30.7 Å². The monoisotopic (exact) mass is 193 g/mol. The molecule has 2 heteroatoms. The number of hydrogen-bond acceptors (Lipinski definition) is 2. The molecule has 0 saturated heterocycles. The number of benzene rings is 1. The summed E-state index contributed by atoms with van der Waals surface area (Å²) in [4.78, 5) is 1.45. The maximum Gasteiger partial charge on any atom is 0.0277 e. The lowest BCUT2D eigenvalue weighted by atomic mass is 10.0. The van der Waals surface area contributed by atoms with Gasteiger partial charge in [0.2, 0.25) is 0 Å². The van der Waals surface area contributed by atoms with Crippen LogP contribution in [-0.2, 0) is 6.42 Å². The second kappa shape index (κ2) is 3.72. The van der Waals surface area contributed by atoms with Crippen LogP contribution in [0.15, 0.2) is 23.1 Å². The van der Waals surface area contributed by atoms with Crippen LogP contribution in [0.4, 0.5) is 0 Å². The highest BCUT2D eigenvalue weighted by molar-refractivity contribution is 7.99. The summed E-state index contributed by atoms with van der Waals surface area (Å²) in [5.41, 5.74) is 8.74. The first kappa shape index (κ1) is 9.10. The van der Waals surface area contributed by atoms with Gasteiger partial charge >= 0.3 is 0 Å². The van der Waals surface area contributed by atoms with E-state index in [9.17, 15) is 0 Å². The Balaban J connectivity index is 2.46. The van der Waals surface area contributed by atoms with Gasteiger partial charge in [0.05, 0.1) is 0 Å². The Labute approximate surface area is 83.7 Å². The van der Waals surface area contributed by atoms with Gasteiger partial charge in [-0.15, -0.1) is 11.8 Å². The first-order valence-electron chi connectivity index (χ1n) is 4.79. The van der Waals surface area contributed by atoms with Crippen molar-refractivity contribution >= 4 is 11.8 Å². The highest BCUT2D eigenvalue weighted by Crippen LogP contribution is 2.34. The molecule has 0 amide bonds. The summed E-state index contributed by atoms with van der Waals surface area (Å²) in [5, 5.41) is 0. The van der Waals surface area contributed by atoms with Crippen molar-refractivity contribution in [1.29, 1.82) is 0 Å². The molecule has 1 heterocycles. The van der Waals surface area contributed by atoms with Crippen molar-refractivity contribution in [3.63, 3.8) is 0 Å². The molecule has 1 aromatic carbocycles. The summed E-state index contributed by atoms with van der Waals surface area (Å²) in [6.07, 6.45) is 2.53. The van der Waals surface area contributed by atoms with Gasteiger partial charge in [0.1, 0.15) is 0 Å². The Kier molecular flexibility index (Phi) is 2.61. The highest BCUT2D eigenvalue weighted by Gasteiger charge is 2.14. The van der Waals surface area contributed by atoms with Gasteiger partial charge in [0.15, 0.2) is 0 Å². The zero-order valence-corrected chi connectivity index (χ0v) is 8.73. The molecule has 1 nitrogen and oxygen atoms in total. The van der Waals surface area contributed by atoms with E-state index >= 15 is 0 Å². The standard InChI is InChI=1S/C11H15NS/c1-8(12)10-6-2-4-9-5-3-7-13-11(9)10/h2,4,6,8H,3,5,7,12H2,1H3. The summed E-state index contributed by atoms with van der Waals surface area (Å²) in [5.74, 6) is 1.25. The topological polar surface area (TPSA) is 26.0 Å². The molecule has 0 spiro atoms. The van der Waals surface area contributed by atoms with Gasteiger partial charge in [0, 0.05) is 10.9 Å². The molecule has 13 heavy (non-hydrogen) atoms. The van der Waals surface area contributed by atoms with Gasteiger partial charge in [-0.2, -0.15) is 0 Å². The SMILES string of the molecule is CC(N)c1cccc2c1SCCC2. The average molecular weight is 193 g/mol. The fraction of sp³-hybridized carbons (Fsp3) is 0.455. The van der Waals surface area contributed by atoms with Crippen LogP contribution in [0, 0.1) is 0 Å². The Bertz CT molecular complexity index is 307. The summed E-state index contributed by atoms with van der Waals surface area (Å²) in [6, 6.07) is 6.68. The van der Waals surface area contributed by atoms with E-state index in [1.807, 2.05) is 11.8 Å². The highest BCUT2D eigenvalue weighted by atomic mass is 32.2. The largest absolute Gasteiger partial charge is 0.324 e. The van der Waals surface area contributed by atoms with E-state index in [4.69, 9.17) is 5.73 Å². The lowest BCUT2D eigenvalue weighted by molar-refractivity contribution is 0.777. The van der Waals surface area contributed by atoms with Crippen LogP contribution in [0.3, 0.4) is 0 Å². The minimum atomic E-state index is 0.167. The van der Waals surface area contributed by atoms with Gasteiger partial charge in [-0.3, -0.25) is 0 Å². The fourth-order valence-electron chi connectivity index (χ4n) is 1.77. The summed E-state index contributed by atoms with van der Waals surface area (Å²) < 4.78 is 0. The fourth-order valence-corrected chi connectivity index (χ4v) is 3.04. The van der Waals surface area contributed by atoms with Gasteiger partial charge < -0.3 is 5.73 Å². The van der Waals surface area contributed by atoms with Crippen molar-refractivity contribution < 1.29 is 0 Å². The third-order valence-electron chi connectivity index (χ3n) is 2.45. The van der Waals surface area contributed by atoms with E-state index in [0.717, 1.165) is 0 Å². The Morgan fingerprint density at radius 2 is 2.31 bits per heavy atom. The van der Waals surface area contributed by atoms with Crippen LogP contribution in [0.25, 0.3) is 0 Å². The maximum atomic E-state index is 5.92. The van der Waals surface area contributed by atoms with Crippen LogP contribution < -0.4 is 5.73 Å². The summed E-state index contributed by atoms with van der Waals surface area (Å²) >= 11 is 1.96. The van der Waals surface area contributed by atoms with Crippen LogP contribution in [0.2, 0.25) is 0 Å². The predicted octanol–water partition coefficient (Wildman–Crippen LogP) is 2.74. The molecule has 1 atom stereocenters. The van der Waals surface area contributed by atoms with Crippen molar-refractivity contribution in [3.8, 4) is 0 Å². The molecular weight excluding hydrogens is 178 g/mol. The molecule has 0 radical (unpaired) electrons. The van der Waals surface area contributed by atoms with E-state index in [1.54, 1.807) is 0 Å². The predicted molar refractivity (Wildman–Crippen MR) is 58.1 cm³/mol. The molecule has 0 saturated carbocycles. The Morgan fingerprint density at radius 1 is 1.46 bits per heavy atom. The second-order valence-corrected chi connectivity index (χ2v) is 4.68.